The van der Waals surface area contributed by atoms with E-state index in [2.05, 4.69) is 9.97 Å². The third-order valence-electron chi connectivity index (χ3n) is 11.0. The molecule has 3 amide bonds. The molecule has 304 valence electrons. The molecule has 2 aromatic carbocycles. The van der Waals surface area contributed by atoms with E-state index in [1.807, 2.05) is 40.1 Å². The Labute approximate surface area is 336 Å². The number of benzene rings is 2. The van der Waals surface area contributed by atoms with Gasteiger partial charge in [-0.25, -0.2) is 10.3 Å². The van der Waals surface area contributed by atoms with Crippen LogP contribution in [0.2, 0.25) is 0 Å². The number of hydrogen-bond donors (Lipinski definition) is 2. The first-order valence-electron chi connectivity index (χ1n) is 19.4. The Kier molecular flexibility index (Phi) is 13.2. The molecule has 0 unspecified atom stereocenters. The smallest absolute Gasteiger partial charge is 0.337 e. The highest BCUT2D eigenvalue weighted by molar-refractivity contribution is 5.94. The van der Waals surface area contributed by atoms with Crippen molar-refractivity contribution in [3.8, 4) is 11.5 Å². The Hall–Kier alpha value is -5.90. The first-order valence-corrected chi connectivity index (χ1v) is 19.4. The van der Waals surface area contributed by atoms with E-state index >= 15 is 0 Å². The van der Waals surface area contributed by atoms with Gasteiger partial charge in [0, 0.05) is 79.7 Å². The number of nitrogens with one attached hydrogen (secondary N) is 1. The van der Waals surface area contributed by atoms with Crippen molar-refractivity contribution in [2.24, 2.45) is 11.8 Å². The SMILES string of the molecule is COC(=O)c1ccc2c(c1)OC[C@H](c1cccnc1)N(C(=O)C1CCOCC1)C2.O=C(NO)c1ccc2c(c1)OC[C@H](c1cccnc1)N(C(=O)C1CCOCC1)C2. The minimum Gasteiger partial charge on any atom is -0.491 e. The highest BCUT2D eigenvalue weighted by Gasteiger charge is 2.36. The quantitative estimate of drug-likeness (QED) is 0.154. The number of amides is 3. The first kappa shape index (κ1) is 40.3. The lowest BCUT2D eigenvalue weighted by molar-refractivity contribution is -0.143. The highest BCUT2D eigenvalue weighted by atomic mass is 16.5. The van der Waals surface area contributed by atoms with Gasteiger partial charge in [0.25, 0.3) is 5.91 Å². The summed E-state index contributed by atoms with van der Waals surface area (Å²) in [5.41, 5.74) is 5.84. The minimum atomic E-state index is -0.611. The molecule has 2 N–H and O–H groups in total. The normalized spacial score (nSPS) is 19.6. The molecule has 0 saturated carbocycles. The van der Waals surface area contributed by atoms with Gasteiger partial charge in [-0.3, -0.25) is 29.6 Å². The van der Waals surface area contributed by atoms with E-state index in [9.17, 15) is 19.2 Å². The number of carbonyl (C=O) groups is 4. The van der Waals surface area contributed by atoms with E-state index in [1.165, 1.54) is 7.11 Å². The zero-order valence-electron chi connectivity index (χ0n) is 32.3. The molecule has 15 heteroatoms. The fourth-order valence-electron chi connectivity index (χ4n) is 7.71. The van der Waals surface area contributed by atoms with Gasteiger partial charge in [0.1, 0.15) is 24.7 Å². The van der Waals surface area contributed by atoms with Gasteiger partial charge >= 0.3 is 5.97 Å². The van der Waals surface area contributed by atoms with Gasteiger partial charge in [-0.1, -0.05) is 24.3 Å². The summed E-state index contributed by atoms with van der Waals surface area (Å²) in [5, 5.41) is 8.89. The van der Waals surface area contributed by atoms with Gasteiger partial charge in [0.15, 0.2) is 0 Å². The lowest BCUT2D eigenvalue weighted by atomic mass is 9.96. The fraction of sp³-hybridized carbons (Fsp3) is 0.395. The van der Waals surface area contributed by atoms with E-state index in [1.54, 1.807) is 60.6 Å². The van der Waals surface area contributed by atoms with Gasteiger partial charge in [0.05, 0.1) is 37.8 Å². The Morgan fingerprint density at radius 3 is 1.59 bits per heavy atom. The van der Waals surface area contributed by atoms with Crippen molar-refractivity contribution < 1.29 is 48.1 Å². The second-order valence-electron chi connectivity index (χ2n) is 14.5. The third kappa shape index (κ3) is 9.28. The summed E-state index contributed by atoms with van der Waals surface area (Å²) in [5.74, 6) is 0.152. The second-order valence-corrected chi connectivity index (χ2v) is 14.5. The summed E-state index contributed by atoms with van der Waals surface area (Å²) in [4.78, 5) is 62.7. The second kappa shape index (κ2) is 19.0. The maximum atomic E-state index is 13.4. The maximum absolute atomic E-state index is 13.4. The standard InChI is InChI=1S/C22H24N2O5.C21H23N3O5/c1-27-22(26)16-4-5-18-13-24(21(25)15-6-9-28-10-7-15)19(14-29-20(18)11-16)17-3-2-8-23-12-17;25-20(23-27)15-3-4-17-12-24(21(26)14-5-8-28-9-6-14)18(13-29-19(17)10-15)16-2-1-7-22-11-16/h2-5,8,11-12,15,19H,6-7,9-10,13-14H2,1H3;1-4,7,10-11,14,18,27H,5-6,8-9,12-13H2,(H,23,25)/t19-;18-/m11/s1. The van der Waals surface area contributed by atoms with Crippen molar-refractivity contribution in [1.82, 2.24) is 25.2 Å². The topological polar surface area (TPSA) is 179 Å². The maximum Gasteiger partial charge on any atom is 0.337 e. The number of carbonyl (C=O) groups excluding carboxylic acids is 4. The van der Waals surface area contributed by atoms with Crippen LogP contribution in [0.3, 0.4) is 0 Å². The number of nitrogens with zero attached hydrogens (tertiary/aromatic N) is 4. The van der Waals surface area contributed by atoms with Gasteiger partial charge in [-0.2, -0.15) is 0 Å². The van der Waals surface area contributed by atoms with Crippen LogP contribution in [0.4, 0.5) is 0 Å². The van der Waals surface area contributed by atoms with E-state index in [0.717, 1.165) is 35.1 Å². The summed E-state index contributed by atoms with van der Waals surface area (Å²) in [7, 11) is 1.35. The predicted molar refractivity (Wildman–Crippen MR) is 207 cm³/mol. The van der Waals surface area contributed by atoms with Crippen LogP contribution in [-0.4, -0.2) is 95.4 Å². The molecule has 0 spiro atoms. The van der Waals surface area contributed by atoms with Crippen molar-refractivity contribution in [3.05, 3.63) is 119 Å². The molecule has 2 aromatic heterocycles. The largest absolute Gasteiger partial charge is 0.491 e. The van der Waals surface area contributed by atoms with Crippen molar-refractivity contribution in [2.75, 3.05) is 46.8 Å². The zero-order valence-corrected chi connectivity index (χ0v) is 32.3. The van der Waals surface area contributed by atoms with Crippen LogP contribution in [0, 0.1) is 11.8 Å². The Bertz CT molecular complexity index is 1910. The van der Waals surface area contributed by atoms with Crippen LogP contribution >= 0.6 is 0 Å². The number of rotatable bonds is 6. The van der Waals surface area contributed by atoms with Gasteiger partial charge < -0.3 is 33.5 Å². The number of methoxy groups -OCH3 is 1. The molecule has 6 heterocycles. The third-order valence-corrected chi connectivity index (χ3v) is 11.0. The lowest BCUT2D eigenvalue weighted by Crippen LogP contribution is -2.41. The fourth-order valence-corrected chi connectivity index (χ4v) is 7.71. The number of fused-ring (bicyclic) bond motifs is 2. The van der Waals surface area contributed by atoms with E-state index < -0.39 is 11.9 Å². The number of pyridine rings is 2. The van der Waals surface area contributed by atoms with Crippen LogP contribution in [-0.2, 0) is 36.9 Å². The number of esters is 1. The van der Waals surface area contributed by atoms with Crippen molar-refractivity contribution in [3.63, 3.8) is 0 Å². The summed E-state index contributed by atoms with van der Waals surface area (Å²) >= 11 is 0. The molecule has 2 fully saturated rings. The van der Waals surface area contributed by atoms with Crippen LogP contribution in [0.5, 0.6) is 11.5 Å². The van der Waals surface area contributed by atoms with Crippen molar-refractivity contribution >= 4 is 23.7 Å². The molecule has 58 heavy (non-hydrogen) atoms. The molecular formula is C43H47N5O10. The van der Waals surface area contributed by atoms with E-state index in [-0.39, 0.29) is 54.5 Å². The number of hydrogen-bond acceptors (Lipinski definition) is 12. The molecule has 0 aliphatic carbocycles. The molecule has 0 bridgehead atoms. The molecule has 2 saturated heterocycles. The van der Waals surface area contributed by atoms with E-state index in [4.69, 9.17) is 28.9 Å². The van der Waals surface area contributed by atoms with Crippen LogP contribution in [0.1, 0.15) is 80.7 Å². The minimum absolute atomic E-state index is 0.0567. The van der Waals surface area contributed by atoms with Crippen LogP contribution in [0.15, 0.2) is 85.5 Å². The zero-order chi connectivity index (χ0) is 40.4. The van der Waals surface area contributed by atoms with Crippen molar-refractivity contribution in [2.45, 2.75) is 50.9 Å². The summed E-state index contributed by atoms with van der Waals surface area (Å²) in [6.45, 7) is 3.71. The predicted octanol–water partition coefficient (Wildman–Crippen LogP) is 4.85. The monoisotopic (exact) mass is 793 g/mol. The molecule has 4 aliphatic heterocycles. The van der Waals surface area contributed by atoms with Gasteiger partial charge in [0.2, 0.25) is 11.8 Å². The molecule has 15 nitrogen and oxygen atoms in total. The lowest BCUT2D eigenvalue weighted by Gasteiger charge is -2.33. The molecule has 4 aromatic rings. The molecule has 8 rings (SSSR count). The molecule has 4 aliphatic rings. The Morgan fingerprint density at radius 1 is 0.690 bits per heavy atom. The molecule has 0 radical (unpaired) electrons. The summed E-state index contributed by atoms with van der Waals surface area (Å²) in [6.07, 6.45) is 9.79. The van der Waals surface area contributed by atoms with Crippen LogP contribution < -0.4 is 15.0 Å². The van der Waals surface area contributed by atoms with Crippen molar-refractivity contribution in [1.29, 1.82) is 0 Å². The first-order chi connectivity index (χ1) is 28.3. The average molecular weight is 794 g/mol. The Morgan fingerprint density at radius 2 is 1.16 bits per heavy atom. The number of aromatic nitrogens is 2. The van der Waals surface area contributed by atoms with E-state index in [0.29, 0.717) is 69.4 Å². The highest BCUT2D eigenvalue weighted by Crippen LogP contribution is 2.36. The number of hydroxylamine groups is 1. The summed E-state index contributed by atoms with van der Waals surface area (Å²) in [6, 6.07) is 17.2. The summed E-state index contributed by atoms with van der Waals surface area (Å²) < 4.78 is 27.7. The van der Waals surface area contributed by atoms with Crippen LogP contribution in [0.25, 0.3) is 0 Å². The van der Waals surface area contributed by atoms with Gasteiger partial charge in [-0.15, -0.1) is 0 Å². The Balaban J connectivity index is 0.000000177. The molecule has 2 atom stereocenters. The molecular weight excluding hydrogens is 746 g/mol. The number of ether oxygens (including phenoxy) is 5. The van der Waals surface area contributed by atoms with Gasteiger partial charge in [-0.05, 0) is 73.2 Å². The average Bonchev–Trinajstić information content (AvgIpc) is 3.61.